The van der Waals surface area contributed by atoms with Gasteiger partial charge in [-0.15, -0.1) is 0 Å². The zero-order valence-corrected chi connectivity index (χ0v) is 11.0. The third-order valence-electron chi connectivity index (χ3n) is 2.12. The molecule has 9 heteroatoms. The largest absolute Gasteiger partial charge is 0.329 e. The maximum Gasteiger partial charge on any atom is 0.289 e. The summed E-state index contributed by atoms with van der Waals surface area (Å²) in [5, 5.41) is 10.9. The molecule has 0 heterocycles. The quantitative estimate of drug-likeness (QED) is 0.617. The molecule has 0 bridgehead atoms. The van der Waals surface area contributed by atoms with Gasteiger partial charge in [0.05, 0.1) is 4.92 Å². The number of nitrogens with one attached hydrogen (secondary N) is 1. The minimum absolute atomic E-state index is 0.0770. The van der Waals surface area contributed by atoms with Crippen molar-refractivity contribution in [1.82, 2.24) is 4.72 Å². The van der Waals surface area contributed by atoms with E-state index >= 15 is 0 Å². The van der Waals surface area contributed by atoms with Crippen LogP contribution in [-0.2, 0) is 10.0 Å². The van der Waals surface area contributed by atoms with Gasteiger partial charge in [-0.2, -0.15) is 0 Å². The summed E-state index contributed by atoms with van der Waals surface area (Å²) >= 11 is 5.66. The van der Waals surface area contributed by atoms with Crippen molar-refractivity contribution < 1.29 is 13.3 Å². The van der Waals surface area contributed by atoms with Crippen molar-refractivity contribution in [2.45, 2.75) is 17.9 Å². The van der Waals surface area contributed by atoms with Crippen molar-refractivity contribution in [3.05, 3.63) is 33.3 Å². The van der Waals surface area contributed by atoms with Gasteiger partial charge < -0.3 is 5.73 Å². The van der Waals surface area contributed by atoms with Crippen LogP contribution < -0.4 is 10.5 Å². The molecule has 0 radical (unpaired) electrons. The molecule has 0 aliphatic heterocycles. The molecule has 0 unspecified atom stereocenters. The van der Waals surface area contributed by atoms with E-state index in [2.05, 4.69) is 4.72 Å². The number of hydrogen-bond acceptors (Lipinski definition) is 5. The lowest BCUT2D eigenvalue weighted by Crippen LogP contribution is -2.37. The summed E-state index contributed by atoms with van der Waals surface area (Å²) in [6.07, 6.45) is 0. The van der Waals surface area contributed by atoms with Gasteiger partial charge in [0.15, 0.2) is 4.90 Å². The fraction of sp³-hybridized carbons (Fsp3) is 0.333. The molecule has 0 saturated carbocycles. The van der Waals surface area contributed by atoms with Gasteiger partial charge in [0.25, 0.3) is 5.69 Å². The molecule has 1 atom stereocenters. The Bertz CT molecular complexity index is 561. The highest BCUT2D eigenvalue weighted by Crippen LogP contribution is 2.26. The van der Waals surface area contributed by atoms with Crippen LogP contribution in [0.25, 0.3) is 0 Å². The highest BCUT2D eigenvalue weighted by molar-refractivity contribution is 7.89. The van der Waals surface area contributed by atoms with Crippen molar-refractivity contribution >= 4 is 27.3 Å². The van der Waals surface area contributed by atoms with Crippen molar-refractivity contribution in [2.24, 2.45) is 5.73 Å². The van der Waals surface area contributed by atoms with Gasteiger partial charge in [-0.3, -0.25) is 10.1 Å². The molecule has 0 aromatic heterocycles. The SMILES string of the molecule is C[C@@H](CN)NS(=O)(=O)c1cc(Cl)ccc1[N+](=O)[O-]. The molecule has 0 aliphatic rings. The third-order valence-corrected chi connectivity index (χ3v) is 3.97. The molecular formula is C9H12ClN3O4S. The van der Waals surface area contributed by atoms with Gasteiger partial charge in [-0.05, 0) is 19.1 Å². The van der Waals surface area contributed by atoms with E-state index in [4.69, 9.17) is 17.3 Å². The predicted octanol–water partition coefficient (Wildman–Crippen LogP) is 0.874. The fourth-order valence-corrected chi connectivity index (χ4v) is 2.92. The van der Waals surface area contributed by atoms with Crippen LogP contribution in [0.1, 0.15) is 6.92 Å². The van der Waals surface area contributed by atoms with Gasteiger partial charge in [-0.1, -0.05) is 11.6 Å². The maximum atomic E-state index is 11.9. The van der Waals surface area contributed by atoms with Crippen LogP contribution in [0.4, 0.5) is 5.69 Å². The molecule has 0 saturated heterocycles. The smallest absolute Gasteiger partial charge is 0.289 e. The van der Waals surface area contributed by atoms with E-state index in [0.717, 1.165) is 12.1 Å². The van der Waals surface area contributed by atoms with Crippen molar-refractivity contribution in [3.63, 3.8) is 0 Å². The first-order valence-electron chi connectivity index (χ1n) is 4.94. The third kappa shape index (κ3) is 3.39. The van der Waals surface area contributed by atoms with Crippen LogP contribution in [0, 0.1) is 10.1 Å². The second kappa shape index (κ2) is 5.61. The Morgan fingerprint density at radius 3 is 2.67 bits per heavy atom. The summed E-state index contributed by atoms with van der Waals surface area (Å²) in [6, 6.07) is 2.80. The van der Waals surface area contributed by atoms with Crippen LogP contribution in [0.2, 0.25) is 5.02 Å². The molecule has 18 heavy (non-hydrogen) atoms. The van der Waals surface area contributed by atoms with Crippen molar-refractivity contribution in [1.29, 1.82) is 0 Å². The highest BCUT2D eigenvalue weighted by atomic mass is 35.5. The minimum Gasteiger partial charge on any atom is -0.329 e. The zero-order chi connectivity index (χ0) is 13.9. The van der Waals surface area contributed by atoms with Crippen LogP contribution >= 0.6 is 11.6 Å². The molecule has 0 fully saturated rings. The fourth-order valence-electron chi connectivity index (χ4n) is 1.23. The monoisotopic (exact) mass is 293 g/mol. The van der Waals surface area contributed by atoms with Crippen molar-refractivity contribution in [3.8, 4) is 0 Å². The topological polar surface area (TPSA) is 115 Å². The number of nitro benzene ring substituents is 1. The van der Waals surface area contributed by atoms with E-state index in [1.807, 2.05) is 0 Å². The Balaban J connectivity index is 3.30. The molecule has 0 spiro atoms. The van der Waals surface area contributed by atoms with E-state index < -0.39 is 31.6 Å². The van der Waals surface area contributed by atoms with Gasteiger partial charge >= 0.3 is 0 Å². The number of benzene rings is 1. The van der Waals surface area contributed by atoms with Gasteiger partial charge in [0, 0.05) is 23.7 Å². The highest BCUT2D eigenvalue weighted by Gasteiger charge is 2.27. The molecule has 100 valence electrons. The Hall–Kier alpha value is -1.22. The lowest BCUT2D eigenvalue weighted by molar-refractivity contribution is -0.387. The van der Waals surface area contributed by atoms with E-state index in [0.29, 0.717) is 0 Å². The summed E-state index contributed by atoms with van der Waals surface area (Å²) in [5.74, 6) is 0. The Labute approximate surface area is 109 Å². The first-order valence-corrected chi connectivity index (χ1v) is 6.80. The van der Waals surface area contributed by atoms with Gasteiger partial charge in [-0.25, -0.2) is 13.1 Å². The number of sulfonamides is 1. The standard InChI is InChI=1S/C9H12ClN3O4S/c1-6(5-11)12-18(16,17)9-4-7(10)2-3-8(9)13(14)15/h2-4,6,12H,5,11H2,1H3/t6-/m0/s1. The lowest BCUT2D eigenvalue weighted by atomic mass is 10.3. The lowest BCUT2D eigenvalue weighted by Gasteiger charge is -2.12. The Morgan fingerprint density at radius 1 is 1.56 bits per heavy atom. The minimum atomic E-state index is -4.03. The molecule has 7 nitrogen and oxygen atoms in total. The number of hydrogen-bond donors (Lipinski definition) is 2. The second-order valence-corrected chi connectivity index (χ2v) is 5.75. The number of nitrogens with zero attached hydrogens (tertiary/aromatic N) is 1. The summed E-state index contributed by atoms with van der Waals surface area (Å²) < 4.78 is 26.1. The number of nitrogens with two attached hydrogens (primary N) is 1. The molecule has 0 amide bonds. The van der Waals surface area contributed by atoms with E-state index in [1.165, 1.54) is 6.07 Å². The van der Waals surface area contributed by atoms with Crippen LogP contribution in [0.3, 0.4) is 0 Å². The van der Waals surface area contributed by atoms with Crippen LogP contribution in [0.15, 0.2) is 23.1 Å². The molecule has 1 rings (SSSR count). The maximum absolute atomic E-state index is 11.9. The molecule has 0 aliphatic carbocycles. The molecule has 1 aromatic rings. The van der Waals surface area contributed by atoms with Crippen LogP contribution in [0.5, 0.6) is 0 Å². The van der Waals surface area contributed by atoms with Gasteiger partial charge in [0.1, 0.15) is 0 Å². The first kappa shape index (κ1) is 14.8. The zero-order valence-electron chi connectivity index (χ0n) is 9.46. The summed E-state index contributed by atoms with van der Waals surface area (Å²) in [7, 11) is -4.03. The predicted molar refractivity (Wildman–Crippen MR) is 66.9 cm³/mol. The van der Waals surface area contributed by atoms with E-state index in [9.17, 15) is 18.5 Å². The molecular weight excluding hydrogens is 282 g/mol. The number of nitro groups is 1. The first-order chi connectivity index (χ1) is 8.27. The summed E-state index contributed by atoms with van der Waals surface area (Å²) in [5.41, 5.74) is 4.77. The average Bonchev–Trinajstić information content (AvgIpc) is 2.27. The average molecular weight is 294 g/mol. The van der Waals surface area contributed by atoms with E-state index in [1.54, 1.807) is 6.92 Å². The summed E-state index contributed by atoms with van der Waals surface area (Å²) in [4.78, 5) is 9.53. The molecule has 1 aromatic carbocycles. The number of rotatable bonds is 5. The molecule has 3 N–H and O–H groups in total. The summed E-state index contributed by atoms with van der Waals surface area (Å²) in [6.45, 7) is 1.63. The normalized spacial score (nSPS) is 13.3. The number of halogens is 1. The van der Waals surface area contributed by atoms with Crippen LogP contribution in [-0.4, -0.2) is 25.9 Å². The Kier molecular flexibility index (Phi) is 4.63. The van der Waals surface area contributed by atoms with Gasteiger partial charge in [0.2, 0.25) is 10.0 Å². The van der Waals surface area contributed by atoms with Crippen molar-refractivity contribution in [2.75, 3.05) is 6.54 Å². The van der Waals surface area contributed by atoms with E-state index in [-0.39, 0.29) is 11.6 Å². The Morgan fingerprint density at radius 2 is 2.17 bits per heavy atom. The second-order valence-electron chi connectivity index (χ2n) is 3.63.